The van der Waals surface area contributed by atoms with Crippen molar-refractivity contribution in [1.29, 1.82) is 0 Å². The van der Waals surface area contributed by atoms with Gasteiger partial charge in [-0.1, -0.05) is 0 Å². The van der Waals surface area contributed by atoms with Gasteiger partial charge in [0, 0.05) is 4.88 Å². The van der Waals surface area contributed by atoms with Crippen molar-refractivity contribution in [1.82, 2.24) is 14.9 Å². The molecule has 0 radical (unpaired) electrons. The molecule has 114 valence electrons. The van der Waals surface area contributed by atoms with E-state index in [2.05, 4.69) is 14.9 Å². The molecule has 3 heterocycles. The molecule has 1 aliphatic rings. The molecule has 0 atom stereocenters. The zero-order valence-corrected chi connectivity index (χ0v) is 13.2. The first-order valence-electron chi connectivity index (χ1n) is 7.45. The van der Waals surface area contributed by atoms with Gasteiger partial charge in [0.05, 0.1) is 24.7 Å². The summed E-state index contributed by atoms with van der Waals surface area (Å²) in [6.45, 7) is 1.28. The Labute approximate surface area is 131 Å². The molecule has 3 aromatic heterocycles. The van der Waals surface area contributed by atoms with E-state index in [4.69, 9.17) is 4.42 Å². The lowest BCUT2D eigenvalue weighted by atomic mass is 10.2. The lowest BCUT2D eigenvalue weighted by Gasteiger charge is -2.14. The molecule has 0 saturated heterocycles. The zero-order chi connectivity index (χ0) is 15.1. The van der Waals surface area contributed by atoms with Crippen LogP contribution < -0.4 is 5.56 Å². The lowest BCUT2D eigenvalue weighted by Crippen LogP contribution is -2.21. The molecule has 6 heteroatoms. The van der Waals surface area contributed by atoms with Gasteiger partial charge < -0.3 is 9.40 Å². The monoisotopic (exact) mass is 315 g/mol. The van der Waals surface area contributed by atoms with E-state index in [-0.39, 0.29) is 5.56 Å². The minimum atomic E-state index is 0.00537. The van der Waals surface area contributed by atoms with Crippen molar-refractivity contribution in [2.24, 2.45) is 0 Å². The van der Waals surface area contributed by atoms with Crippen LogP contribution in [0.5, 0.6) is 0 Å². The van der Waals surface area contributed by atoms with Crippen LogP contribution in [0.3, 0.4) is 0 Å². The van der Waals surface area contributed by atoms with Gasteiger partial charge in [0.2, 0.25) is 0 Å². The first kappa shape index (κ1) is 13.7. The van der Waals surface area contributed by atoms with Crippen LogP contribution in [0.25, 0.3) is 10.2 Å². The smallest absolute Gasteiger partial charge is 0.259 e. The van der Waals surface area contributed by atoms with E-state index in [0.717, 1.165) is 35.2 Å². The van der Waals surface area contributed by atoms with Crippen LogP contribution in [-0.4, -0.2) is 21.9 Å². The second-order valence-electron chi connectivity index (χ2n) is 5.80. The number of nitrogens with zero attached hydrogens (tertiary/aromatic N) is 2. The van der Waals surface area contributed by atoms with Gasteiger partial charge in [-0.05, 0) is 44.0 Å². The van der Waals surface area contributed by atoms with Crippen molar-refractivity contribution in [3.05, 3.63) is 50.8 Å². The number of nitrogens with one attached hydrogen (secondary N) is 1. The summed E-state index contributed by atoms with van der Waals surface area (Å²) in [7, 11) is 1.99. The van der Waals surface area contributed by atoms with Crippen LogP contribution in [0.15, 0.2) is 27.6 Å². The van der Waals surface area contributed by atoms with Gasteiger partial charge in [-0.3, -0.25) is 9.69 Å². The zero-order valence-electron chi connectivity index (χ0n) is 12.4. The van der Waals surface area contributed by atoms with Gasteiger partial charge in [-0.2, -0.15) is 0 Å². The number of aromatic nitrogens is 2. The van der Waals surface area contributed by atoms with E-state index in [9.17, 15) is 4.79 Å². The minimum Gasteiger partial charge on any atom is -0.468 e. The largest absolute Gasteiger partial charge is 0.468 e. The molecule has 0 fully saturated rings. The summed E-state index contributed by atoms with van der Waals surface area (Å²) in [6, 6.07) is 3.82. The van der Waals surface area contributed by atoms with Crippen molar-refractivity contribution in [2.45, 2.75) is 32.4 Å². The first-order chi connectivity index (χ1) is 10.7. The standard InChI is InChI=1S/C16H17N3O2S/c1-19(8-10-4-3-7-21-10)9-13-17-15(20)14-11-5-2-6-12(11)22-16(14)18-13/h3-4,7H,2,5-6,8-9H2,1H3,(H,17,18,20). The first-order valence-corrected chi connectivity index (χ1v) is 8.27. The Hall–Kier alpha value is -1.92. The summed E-state index contributed by atoms with van der Waals surface area (Å²) in [6.07, 6.45) is 4.92. The molecule has 0 unspecified atom stereocenters. The molecular weight excluding hydrogens is 298 g/mol. The fraction of sp³-hybridized carbons (Fsp3) is 0.375. The third-order valence-corrected chi connectivity index (χ3v) is 5.24. The van der Waals surface area contributed by atoms with Crippen LogP contribution >= 0.6 is 11.3 Å². The van der Waals surface area contributed by atoms with Crippen molar-refractivity contribution in [3.8, 4) is 0 Å². The average molecular weight is 315 g/mol. The number of thiophene rings is 1. The van der Waals surface area contributed by atoms with Crippen molar-refractivity contribution in [2.75, 3.05) is 7.05 Å². The van der Waals surface area contributed by atoms with E-state index in [1.165, 1.54) is 10.4 Å². The molecule has 0 saturated carbocycles. The summed E-state index contributed by atoms with van der Waals surface area (Å²) >= 11 is 1.68. The van der Waals surface area contributed by atoms with E-state index >= 15 is 0 Å². The van der Waals surface area contributed by atoms with E-state index in [1.54, 1.807) is 17.6 Å². The third-order valence-electron chi connectivity index (χ3n) is 4.05. The number of H-pyrrole nitrogens is 1. The predicted octanol–water partition coefficient (Wildman–Crippen LogP) is 2.70. The number of rotatable bonds is 4. The highest BCUT2D eigenvalue weighted by atomic mass is 32.1. The van der Waals surface area contributed by atoms with Gasteiger partial charge in [0.15, 0.2) is 0 Å². The maximum atomic E-state index is 12.4. The predicted molar refractivity (Wildman–Crippen MR) is 86.1 cm³/mol. The second-order valence-corrected chi connectivity index (χ2v) is 6.89. The third kappa shape index (κ3) is 2.38. The highest BCUT2D eigenvalue weighted by Crippen LogP contribution is 2.34. The summed E-state index contributed by atoms with van der Waals surface area (Å²) in [5, 5.41) is 0.815. The second kappa shape index (κ2) is 5.37. The molecule has 0 bridgehead atoms. The van der Waals surface area contributed by atoms with Crippen LogP contribution in [0.4, 0.5) is 0 Å². The summed E-state index contributed by atoms with van der Waals surface area (Å²) in [5.74, 6) is 1.62. The number of fused-ring (bicyclic) bond motifs is 3. The molecule has 1 aliphatic carbocycles. The number of aromatic amines is 1. The van der Waals surface area contributed by atoms with Gasteiger partial charge >= 0.3 is 0 Å². The molecule has 1 N–H and O–H groups in total. The fourth-order valence-corrected chi connectivity index (χ4v) is 4.38. The van der Waals surface area contributed by atoms with Gasteiger partial charge in [0.25, 0.3) is 5.56 Å². The Morgan fingerprint density at radius 3 is 3.14 bits per heavy atom. The summed E-state index contributed by atoms with van der Waals surface area (Å²) < 4.78 is 5.35. The molecule has 0 aromatic carbocycles. The Morgan fingerprint density at radius 1 is 1.41 bits per heavy atom. The maximum absolute atomic E-state index is 12.4. The van der Waals surface area contributed by atoms with Gasteiger partial charge in [-0.15, -0.1) is 11.3 Å². The van der Waals surface area contributed by atoms with Crippen LogP contribution in [0, 0.1) is 0 Å². The fourth-order valence-electron chi connectivity index (χ4n) is 3.10. The van der Waals surface area contributed by atoms with Crippen LogP contribution in [0.2, 0.25) is 0 Å². The average Bonchev–Trinajstić information content (AvgIpc) is 3.14. The highest BCUT2D eigenvalue weighted by molar-refractivity contribution is 7.18. The number of furan rings is 1. The van der Waals surface area contributed by atoms with E-state index in [0.29, 0.717) is 18.9 Å². The van der Waals surface area contributed by atoms with Crippen LogP contribution in [0.1, 0.15) is 28.4 Å². The Kier molecular flexibility index (Phi) is 3.35. The number of aryl methyl sites for hydroxylation is 2. The quantitative estimate of drug-likeness (QED) is 0.804. The molecule has 22 heavy (non-hydrogen) atoms. The normalized spacial score (nSPS) is 14.1. The summed E-state index contributed by atoms with van der Waals surface area (Å²) in [5.41, 5.74) is 1.23. The molecule has 0 spiro atoms. The highest BCUT2D eigenvalue weighted by Gasteiger charge is 2.21. The Balaban J connectivity index is 1.61. The Morgan fingerprint density at radius 2 is 2.32 bits per heavy atom. The lowest BCUT2D eigenvalue weighted by molar-refractivity contribution is 0.281. The van der Waals surface area contributed by atoms with E-state index < -0.39 is 0 Å². The molecular formula is C16H17N3O2S. The molecule has 0 amide bonds. The molecule has 3 aromatic rings. The van der Waals surface area contributed by atoms with Crippen molar-refractivity contribution >= 4 is 21.6 Å². The Bertz CT molecular complexity index is 864. The molecule has 0 aliphatic heterocycles. The summed E-state index contributed by atoms with van der Waals surface area (Å²) in [4.78, 5) is 24.3. The van der Waals surface area contributed by atoms with Gasteiger partial charge in [-0.25, -0.2) is 4.98 Å². The SMILES string of the molecule is CN(Cc1nc2sc3c(c2c(=O)[nH]1)CCC3)Cc1ccco1. The minimum absolute atomic E-state index is 0.00537. The maximum Gasteiger partial charge on any atom is 0.259 e. The number of hydrogen-bond acceptors (Lipinski definition) is 5. The van der Waals surface area contributed by atoms with Crippen molar-refractivity contribution < 1.29 is 4.42 Å². The topological polar surface area (TPSA) is 62.1 Å². The van der Waals surface area contributed by atoms with Crippen molar-refractivity contribution in [3.63, 3.8) is 0 Å². The van der Waals surface area contributed by atoms with E-state index in [1.807, 2.05) is 19.2 Å². The van der Waals surface area contributed by atoms with Crippen LogP contribution in [-0.2, 0) is 25.9 Å². The van der Waals surface area contributed by atoms with Gasteiger partial charge in [0.1, 0.15) is 16.4 Å². The number of hydrogen-bond donors (Lipinski definition) is 1. The molecule has 5 nitrogen and oxygen atoms in total. The molecule has 4 rings (SSSR count).